The van der Waals surface area contributed by atoms with E-state index in [1.54, 1.807) is 18.7 Å². The van der Waals surface area contributed by atoms with E-state index < -0.39 is 16.0 Å². The molecule has 1 amide bonds. The molecule has 0 atom stereocenters. The summed E-state index contributed by atoms with van der Waals surface area (Å²) in [5, 5.41) is 3.63. The van der Waals surface area contributed by atoms with Crippen LogP contribution in [0.5, 0.6) is 0 Å². The quantitative estimate of drug-likeness (QED) is 0.719. The average molecular weight is 410 g/mol. The third kappa shape index (κ3) is 3.80. The van der Waals surface area contributed by atoms with E-state index in [2.05, 4.69) is 14.7 Å². The maximum atomic E-state index is 12.9. The molecule has 0 unspecified atom stereocenters. The normalized spacial score (nSPS) is 15.6. The Balaban J connectivity index is 1.68. The van der Waals surface area contributed by atoms with Gasteiger partial charge in [0.1, 0.15) is 17.7 Å². The van der Waals surface area contributed by atoms with E-state index in [1.807, 2.05) is 0 Å². The lowest BCUT2D eigenvalue weighted by Crippen LogP contribution is -2.51. The Morgan fingerprint density at radius 1 is 1.25 bits per heavy atom. The van der Waals surface area contributed by atoms with Gasteiger partial charge in [0, 0.05) is 37.9 Å². The monoisotopic (exact) mass is 410 g/mol. The molecular weight excluding hydrogens is 388 g/mol. The molecule has 1 N–H and O–H groups in total. The first kappa shape index (κ1) is 20.1. The first-order valence-corrected chi connectivity index (χ1v) is 10.3. The molecule has 28 heavy (non-hydrogen) atoms. The molecule has 1 saturated heterocycles. The van der Waals surface area contributed by atoms with Crippen LogP contribution in [0.4, 0.5) is 0 Å². The molecule has 11 heteroatoms. The van der Waals surface area contributed by atoms with Crippen molar-refractivity contribution in [1.82, 2.24) is 19.3 Å². The first-order chi connectivity index (χ1) is 13.2. The molecule has 0 spiro atoms. The summed E-state index contributed by atoms with van der Waals surface area (Å²) in [5.74, 6) is -1.02. The fourth-order valence-corrected chi connectivity index (χ4v) is 4.71. The van der Waals surface area contributed by atoms with Gasteiger partial charge in [0.25, 0.3) is 5.91 Å². The Morgan fingerprint density at radius 2 is 1.93 bits per heavy atom. The lowest BCUT2D eigenvalue weighted by Gasteiger charge is -2.33. The molecule has 2 aromatic rings. The highest BCUT2D eigenvalue weighted by Crippen LogP contribution is 2.21. The summed E-state index contributed by atoms with van der Waals surface area (Å²) < 4.78 is 35.8. The van der Waals surface area contributed by atoms with Gasteiger partial charge < -0.3 is 19.1 Å². The lowest BCUT2D eigenvalue weighted by molar-refractivity contribution is 0.0599. The highest BCUT2D eigenvalue weighted by atomic mass is 32.2. The number of aromatic nitrogens is 2. The molecule has 3 rings (SSSR count). The number of nitrogens with one attached hydrogen (secondary N) is 1. The van der Waals surface area contributed by atoms with Crippen molar-refractivity contribution < 1.29 is 27.3 Å². The molecule has 0 bridgehead atoms. The van der Waals surface area contributed by atoms with E-state index in [-0.39, 0.29) is 37.8 Å². The van der Waals surface area contributed by atoms with Gasteiger partial charge in [-0.3, -0.25) is 4.79 Å². The Bertz CT molecular complexity index is 972. The van der Waals surface area contributed by atoms with Gasteiger partial charge in [-0.05, 0) is 19.4 Å². The Labute approximate surface area is 162 Å². The standard InChI is InChI=1S/C17H22N4O6S/c1-11-14(17(23)26-3)12(2)18-15(11)16(22)20-5-7-21(8-6-20)28(24,25)10-13-4-9-27-19-13/h4,9,18H,5-8,10H2,1-3H3. The molecule has 1 aliphatic heterocycles. The second-order valence-electron chi connectivity index (χ2n) is 6.55. The molecule has 1 aliphatic rings. The number of piperazine rings is 1. The molecular formula is C17H22N4O6S. The van der Waals surface area contributed by atoms with Crippen LogP contribution in [0.1, 0.15) is 37.8 Å². The maximum Gasteiger partial charge on any atom is 0.339 e. The van der Waals surface area contributed by atoms with Crippen LogP contribution in [0.15, 0.2) is 16.9 Å². The van der Waals surface area contributed by atoms with E-state index in [0.29, 0.717) is 28.2 Å². The van der Waals surface area contributed by atoms with Crippen molar-refractivity contribution in [2.75, 3.05) is 33.3 Å². The van der Waals surface area contributed by atoms with Crippen LogP contribution < -0.4 is 0 Å². The average Bonchev–Trinajstić information content (AvgIpc) is 3.27. The minimum atomic E-state index is -3.54. The summed E-state index contributed by atoms with van der Waals surface area (Å²) in [5.41, 5.74) is 2.08. The van der Waals surface area contributed by atoms with E-state index in [4.69, 9.17) is 4.74 Å². The molecule has 0 radical (unpaired) electrons. The molecule has 0 aliphatic carbocycles. The van der Waals surface area contributed by atoms with Crippen molar-refractivity contribution >= 4 is 21.9 Å². The fraction of sp³-hybridized carbons (Fsp3) is 0.471. The van der Waals surface area contributed by atoms with Gasteiger partial charge in [-0.25, -0.2) is 13.2 Å². The number of aromatic amines is 1. The number of esters is 1. The van der Waals surface area contributed by atoms with E-state index >= 15 is 0 Å². The van der Waals surface area contributed by atoms with Crippen LogP contribution in [0.2, 0.25) is 0 Å². The zero-order chi connectivity index (χ0) is 20.5. The summed E-state index contributed by atoms with van der Waals surface area (Å²) in [7, 11) is -2.26. The minimum absolute atomic E-state index is 0.189. The minimum Gasteiger partial charge on any atom is -0.465 e. The number of carbonyl (C=O) groups is 2. The molecule has 0 saturated carbocycles. The number of hydrogen-bond acceptors (Lipinski definition) is 7. The third-order valence-corrected chi connectivity index (χ3v) is 6.59. The molecule has 152 valence electrons. The predicted octanol–water partition coefficient (Wildman–Crippen LogP) is 0.694. The van der Waals surface area contributed by atoms with Gasteiger partial charge in [-0.15, -0.1) is 0 Å². The largest absolute Gasteiger partial charge is 0.465 e. The molecule has 3 heterocycles. The number of H-pyrrole nitrogens is 1. The zero-order valence-corrected chi connectivity index (χ0v) is 16.7. The van der Waals surface area contributed by atoms with Crippen molar-refractivity contribution in [2.45, 2.75) is 19.6 Å². The second kappa shape index (κ2) is 7.76. The second-order valence-corrected chi connectivity index (χ2v) is 8.52. The number of carbonyl (C=O) groups excluding carboxylic acids is 2. The Morgan fingerprint density at radius 3 is 2.50 bits per heavy atom. The van der Waals surface area contributed by atoms with Crippen LogP contribution in [0.25, 0.3) is 0 Å². The van der Waals surface area contributed by atoms with Crippen molar-refractivity contribution in [2.24, 2.45) is 0 Å². The smallest absolute Gasteiger partial charge is 0.339 e. The molecule has 0 aromatic carbocycles. The zero-order valence-electron chi connectivity index (χ0n) is 15.9. The molecule has 2 aromatic heterocycles. The van der Waals surface area contributed by atoms with Gasteiger partial charge in [-0.1, -0.05) is 5.16 Å². The topological polar surface area (TPSA) is 126 Å². The van der Waals surface area contributed by atoms with Crippen LogP contribution in [-0.4, -0.2) is 72.9 Å². The fourth-order valence-electron chi connectivity index (χ4n) is 3.29. The number of aryl methyl sites for hydroxylation is 1. The summed E-state index contributed by atoms with van der Waals surface area (Å²) >= 11 is 0. The predicted molar refractivity (Wildman–Crippen MR) is 98.2 cm³/mol. The first-order valence-electron chi connectivity index (χ1n) is 8.68. The van der Waals surface area contributed by atoms with Gasteiger partial charge in [0.05, 0.1) is 18.4 Å². The number of hydrogen-bond donors (Lipinski definition) is 1. The van der Waals surface area contributed by atoms with E-state index in [1.165, 1.54) is 23.7 Å². The number of nitrogens with zero attached hydrogens (tertiary/aromatic N) is 3. The summed E-state index contributed by atoms with van der Waals surface area (Å²) in [4.78, 5) is 29.3. The summed E-state index contributed by atoms with van der Waals surface area (Å²) in [6.07, 6.45) is 1.32. The van der Waals surface area contributed by atoms with Crippen LogP contribution in [0, 0.1) is 13.8 Å². The summed E-state index contributed by atoms with van der Waals surface area (Å²) in [6, 6.07) is 1.51. The van der Waals surface area contributed by atoms with Crippen LogP contribution >= 0.6 is 0 Å². The number of amides is 1. The van der Waals surface area contributed by atoms with E-state index in [9.17, 15) is 18.0 Å². The lowest BCUT2D eigenvalue weighted by atomic mass is 10.1. The van der Waals surface area contributed by atoms with Crippen molar-refractivity contribution in [3.05, 3.63) is 40.5 Å². The van der Waals surface area contributed by atoms with Crippen molar-refractivity contribution in [3.63, 3.8) is 0 Å². The summed E-state index contributed by atoms with van der Waals surface area (Å²) in [6.45, 7) is 4.26. The number of ether oxygens (including phenoxy) is 1. The van der Waals surface area contributed by atoms with Gasteiger partial charge in [-0.2, -0.15) is 4.31 Å². The number of sulfonamides is 1. The third-order valence-electron chi connectivity index (χ3n) is 4.78. The van der Waals surface area contributed by atoms with Gasteiger partial charge >= 0.3 is 5.97 Å². The number of rotatable bonds is 5. The van der Waals surface area contributed by atoms with Crippen LogP contribution in [0.3, 0.4) is 0 Å². The SMILES string of the molecule is COC(=O)c1c(C)[nH]c(C(=O)N2CCN(S(=O)(=O)Cc3ccon3)CC2)c1C. The number of methoxy groups -OCH3 is 1. The van der Waals surface area contributed by atoms with Crippen LogP contribution in [-0.2, 0) is 20.5 Å². The molecule has 10 nitrogen and oxygen atoms in total. The Kier molecular flexibility index (Phi) is 5.57. The Hall–Kier alpha value is -2.66. The van der Waals surface area contributed by atoms with E-state index in [0.717, 1.165) is 0 Å². The highest BCUT2D eigenvalue weighted by Gasteiger charge is 2.32. The molecule has 1 fully saturated rings. The maximum absolute atomic E-state index is 12.9. The van der Waals surface area contributed by atoms with Crippen molar-refractivity contribution in [3.8, 4) is 0 Å². The van der Waals surface area contributed by atoms with Gasteiger partial charge in [0.2, 0.25) is 10.0 Å². The van der Waals surface area contributed by atoms with Gasteiger partial charge in [0.15, 0.2) is 0 Å². The highest BCUT2D eigenvalue weighted by molar-refractivity contribution is 7.88. The van der Waals surface area contributed by atoms with Crippen molar-refractivity contribution in [1.29, 1.82) is 0 Å².